The monoisotopic (exact) mass is 377 g/mol. The number of likely N-dealkylation sites (tertiary alicyclic amines) is 2. The van der Waals surface area contributed by atoms with Gasteiger partial charge in [-0.1, -0.05) is 25.7 Å². The summed E-state index contributed by atoms with van der Waals surface area (Å²) in [6.07, 6.45) is 12.3. The highest BCUT2D eigenvalue weighted by atomic mass is 16.2. The first-order valence-electron chi connectivity index (χ1n) is 11.2. The average molecular weight is 378 g/mol. The zero-order valence-corrected chi connectivity index (χ0v) is 17.2. The second kappa shape index (κ2) is 10.9. The lowest BCUT2D eigenvalue weighted by Gasteiger charge is -2.22. The van der Waals surface area contributed by atoms with Gasteiger partial charge in [-0.15, -0.1) is 0 Å². The van der Waals surface area contributed by atoms with Gasteiger partial charge in [-0.25, -0.2) is 0 Å². The van der Waals surface area contributed by atoms with Crippen LogP contribution in [0.2, 0.25) is 0 Å². The van der Waals surface area contributed by atoms with Crippen molar-refractivity contribution < 1.29 is 4.79 Å². The number of aliphatic imine (C=N–C) groups is 1. The summed E-state index contributed by atoms with van der Waals surface area (Å²) in [5.74, 6) is 1.56. The third-order valence-electron chi connectivity index (χ3n) is 6.41. The molecule has 0 spiro atoms. The third kappa shape index (κ3) is 6.37. The Balaban J connectivity index is 1.32. The number of amides is 1. The van der Waals surface area contributed by atoms with Crippen molar-refractivity contribution in [1.29, 1.82) is 0 Å². The van der Waals surface area contributed by atoms with Gasteiger partial charge in [0, 0.05) is 38.6 Å². The van der Waals surface area contributed by atoms with E-state index in [1.54, 1.807) is 0 Å². The fraction of sp³-hybridized carbons (Fsp3) is 0.905. The van der Waals surface area contributed by atoms with Crippen molar-refractivity contribution in [3.05, 3.63) is 0 Å². The van der Waals surface area contributed by atoms with Gasteiger partial charge in [0.2, 0.25) is 5.91 Å². The smallest absolute Gasteiger partial charge is 0.225 e. The standard InChI is InChI=1S/C21H39N5O/c1-22-21(23-12-8-15-25-13-6-2-3-7-14-25)24-19-11-16-26(17-19)20(27)18-9-4-5-10-18/h18-19H,2-17H2,1H3,(H2,22,23,24). The highest BCUT2D eigenvalue weighted by molar-refractivity contribution is 5.81. The molecular formula is C21H39N5O. The van der Waals surface area contributed by atoms with E-state index in [9.17, 15) is 4.79 Å². The molecule has 0 aromatic heterocycles. The van der Waals surface area contributed by atoms with E-state index in [2.05, 4.69) is 25.4 Å². The SMILES string of the molecule is CN=C(NCCCN1CCCCCC1)NC1CCN(C(=O)C2CCCC2)C1. The molecule has 2 heterocycles. The molecule has 6 nitrogen and oxygen atoms in total. The topological polar surface area (TPSA) is 60.0 Å². The molecule has 0 aromatic carbocycles. The molecule has 0 radical (unpaired) electrons. The van der Waals surface area contributed by atoms with E-state index in [-0.39, 0.29) is 0 Å². The molecule has 6 heteroatoms. The molecule has 1 amide bonds. The van der Waals surface area contributed by atoms with Gasteiger partial charge in [0.25, 0.3) is 0 Å². The van der Waals surface area contributed by atoms with Crippen LogP contribution < -0.4 is 10.6 Å². The summed E-state index contributed by atoms with van der Waals surface area (Å²) in [6, 6.07) is 0.326. The van der Waals surface area contributed by atoms with E-state index in [1.165, 1.54) is 58.2 Å². The summed E-state index contributed by atoms with van der Waals surface area (Å²) >= 11 is 0. The third-order valence-corrected chi connectivity index (χ3v) is 6.41. The highest BCUT2D eigenvalue weighted by Gasteiger charge is 2.32. The Morgan fingerprint density at radius 1 is 1.00 bits per heavy atom. The van der Waals surface area contributed by atoms with Gasteiger partial charge in [-0.2, -0.15) is 0 Å². The first kappa shape index (κ1) is 20.4. The fourth-order valence-corrected chi connectivity index (χ4v) is 4.77. The van der Waals surface area contributed by atoms with Gasteiger partial charge in [0.1, 0.15) is 0 Å². The number of hydrogen-bond donors (Lipinski definition) is 2. The molecule has 0 aromatic rings. The maximum atomic E-state index is 12.6. The highest BCUT2D eigenvalue weighted by Crippen LogP contribution is 2.27. The Morgan fingerprint density at radius 2 is 1.74 bits per heavy atom. The molecule has 1 aliphatic carbocycles. The Labute approximate surface area is 165 Å². The zero-order valence-electron chi connectivity index (χ0n) is 17.2. The lowest BCUT2D eigenvalue weighted by Crippen LogP contribution is -2.46. The molecular weight excluding hydrogens is 338 g/mol. The van der Waals surface area contributed by atoms with Crippen molar-refractivity contribution in [1.82, 2.24) is 20.4 Å². The minimum atomic E-state index is 0.292. The number of guanidine groups is 1. The van der Waals surface area contributed by atoms with Crippen LogP contribution in [0.15, 0.2) is 4.99 Å². The first-order chi connectivity index (χ1) is 13.3. The molecule has 2 saturated heterocycles. The predicted molar refractivity (Wildman–Crippen MR) is 111 cm³/mol. The van der Waals surface area contributed by atoms with Gasteiger partial charge in [-0.05, 0) is 58.2 Å². The zero-order chi connectivity index (χ0) is 18.9. The minimum absolute atomic E-state index is 0.292. The van der Waals surface area contributed by atoms with Crippen LogP contribution in [-0.4, -0.2) is 74.0 Å². The van der Waals surface area contributed by atoms with Crippen molar-refractivity contribution in [2.45, 2.75) is 70.3 Å². The van der Waals surface area contributed by atoms with Crippen LogP contribution in [0.25, 0.3) is 0 Å². The maximum Gasteiger partial charge on any atom is 0.225 e. The summed E-state index contributed by atoms with van der Waals surface area (Å²) in [6.45, 7) is 6.37. The summed E-state index contributed by atoms with van der Waals surface area (Å²) in [5, 5.41) is 6.98. The van der Waals surface area contributed by atoms with Crippen LogP contribution in [0.4, 0.5) is 0 Å². The first-order valence-corrected chi connectivity index (χ1v) is 11.2. The molecule has 0 bridgehead atoms. The predicted octanol–water partition coefficient (Wildman–Crippen LogP) is 2.21. The normalized spacial score (nSPS) is 25.6. The van der Waals surface area contributed by atoms with E-state index < -0.39 is 0 Å². The van der Waals surface area contributed by atoms with E-state index in [0.717, 1.165) is 51.3 Å². The van der Waals surface area contributed by atoms with Gasteiger partial charge in [0.15, 0.2) is 5.96 Å². The van der Waals surface area contributed by atoms with Crippen molar-refractivity contribution in [3.8, 4) is 0 Å². The Morgan fingerprint density at radius 3 is 2.44 bits per heavy atom. The second-order valence-corrected chi connectivity index (χ2v) is 8.50. The lowest BCUT2D eigenvalue weighted by molar-refractivity contribution is -0.134. The number of carbonyl (C=O) groups is 1. The lowest BCUT2D eigenvalue weighted by atomic mass is 10.1. The summed E-state index contributed by atoms with van der Waals surface area (Å²) in [5.41, 5.74) is 0. The van der Waals surface area contributed by atoms with Crippen molar-refractivity contribution in [3.63, 3.8) is 0 Å². The van der Waals surface area contributed by atoms with Crippen LogP contribution in [0.5, 0.6) is 0 Å². The van der Waals surface area contributed by atoms with Crippen molar-refractivity contribution in [2.75, 3.05) is 46.3 Å². The summed E-state index contributed by atoms with van der Waals surface area (Å²) in [7, 11) is 1.83. The number of rotatable bonds is 6. The number of nitrogens with one attached hydrogen (secondary N) is 2. The largest absolute Gasteiger partial charge is 0.356 e. The van der Waals surface area contributed by atoms with Crippen LogP contribution in [0.1, 0.15) is 64.2 Å². The molecule has 3 fully saturated rings. The van der Waals surface area contributed by atoms with Gasteiger partial charge in [0.05, 0.1) is 0 Å². The molecule has 27 heavy (non-hydrogen) atoms. The maximum absolute atomic E-state index is 12.6. The van der Waals surface area contributed by atoms with Crippen LogP contribution >= 0.6 is 0 Å². The molecule has 1 unspecified atom stereocenters. The van der Waals surface area contributed by atoms with E-state index in [0.29, 0.717) is 17.9 Å². The quantitative estimate of drug-likeness (QED) is 0.423. The average Bonchev–Trinajstić information content (AvgIpc) is 3.32. The second-order valence-electron chi connectivity index (χ2n) is 8.50. The van der Waals surface area contributed by atoms with Crippen molar-refractivity contribution >= 4 is 11.9 Å². The summed E-state index contributed by atoms with van der Waals surface area (Å²) < 4.78 is 0. The number of nitrogens with zero attached hydrogens (tertiary/aromatic N) is 3. The molecule has 2 aliphatic heterocycles. The molecule has 2 N–H and O–H groups in total. The van der Waals surface area contributed by atoms with Crippen molar-refractivity contribution in [2.24, 2.45) is 10.9 Å². The van der Waals surface area contributed by atoms with Gasteiger partial charge >= 0.3 is 0 Å². The van der Waals surface area contributed by atoms with E-state index in [4.69, 9.17) is 0 Å². The fourth-order valence-electron chi connectivity index (χ4n) is 4.77. The summed E-state index contributed by atoms with van der Waals surface area (Å²) in [4.78, 5) is 21.6. The molecule has 3 aliphatic rings. The van der Waals surface area contributed by atoms with Crippen LogP contribution in [0.3, 0.4) is 0 Å². The Kier molecular flexibility index (Phi) is 8.24. The number of hydrogen-bond acceptors (Lipinski definition) is 3. The molecule has 3 rings (SSSR count). The Bertz CT molecular complexity index is 481. The Hall–Kier alpha value is -1.30. The molecule has 1 saturated carbocycles. The van der Waals surface area contributed by atoms with E-state index >= 15 is 0 Å². The molecule has 1 atom stereocenters. The van der Waals surface area contributed by atoms with Crippen LogP contribution in [-0.2, 0) is 4.79 Å². The number of carbonyl (C=O) groups excluding carboxylic acids is 1. The van der Waals surface area contributed by atoms with Gasteiger partial charge < -0.3 is 20.4 Å². The van der Waals surface area contributed by atoms with Gasteiger partial charge in [-0.3, -0.25) is 9.79 Å². The van der Waals surface area contributed by atoms with Crippen LogP contribution in [0, 0.1) is 5.92 Å². The molecule has 154 valence electrons. The minimum Gasteiger partial charge on any atom is -0.356 e. The van der Waals surface area contributed by atoms with E-state index in [1.807, 2.05) is 7.05 Å².